The van der Waals surface area contributed by atoms with Crippen LogP contribution in [-0.2, 0) is 10.0 Å². The minimum absolute atomic E-state index is 0.0548. The van der Waals surface area contributed by atoms with Crippen molar-refractivity contribution in [2.45, 2.75) is 24.3 Å². The fraction of sp³-hybridized carbons (Fsp3) is 0.308. The Labute approximate surface area is 112 Å². The number of rotatable bonds is 5. The van der Waals surface area contributed by atoms with Crippen LogP contribution in [0.1, 0.15) is 13.3 Å². The summed E-state index contributed by atoms with van der Waals surface area (Å²) in [4.78, 5) is 4.35. The van der Waals surface area contributed by atoms with E-state index in [1.165, 1.54) is 0 Å². The van der Waals surface area contributed by atoms with Gasteiger partial charge in [-0.2, -0.15) is 0 Å². The molecule has 0 fully saturated rings. The van der Waals surface area contributed by atoms with E-state index >= 15 is 0 Å². The summed E-state index contributed by atoms with van der Waals surface area (Å²) >= 11 is 0. The fourth-order valence-electron chi connectivity index (χ4n) is 1.89. The first kappa shape index (κ1) is 13.9. The summed E-state index contributed by atoms with van der Waals surface area (Å²) in [5.74, 6) is 0. The van der Waals surface area contributed by atoms with Crippen molar-refractivity contribution in [1.29, 1.82) is 0 Å². The van der Waals surface area contributed by atoms with Gasteiger partial charge in [-0.15, -0.1) is 0 Å². The molecule has 1 aromatic heterocycles. The zero-order valence-electron chi connectivity index (χ0n) is 10.6. The third kappa shape index (κ3) is 3.09. The van der Waals surface area contributed by atoms with Gasteiger partial charge in [0.15, 0.2) is 0 Å². The Hall–Kier alpha value is -1.50. The molecule has 19 heavy (non-hydrogen) atoms. The smallest absolute Gasteiger partial charge is 0.241 e. The molecule has 0 saturated heterocycles. The molecule has 2 rings (SSSR count). The summed E-state index contributed by atoms with van der Waals surface area (Å²) in [6.07, 6.45) is 2.00. The molecule has 1 aromatic carbocycles. The van der Waals surface area contributed by atoms with E-state index in [0.717, 1.165) is 0 Å². The number of nitrogens with zero attached hydrogens (tertiary/aromatic N) is 1. The van der Waals surface area contributed by atoms with Crippen LogP contribution in [0.3, 0.4) is 0 Å². The van der Waals surface area contributed by atoms with Gasteiger partial charge < -0.3 is 5.11 Å². The SMILES string of the molecule is CC(CCO)NS(=O)(=O)c1cccc2ncccc12. The van der Waals surface area contributed by atoms with Crippen LogP contribution in [0.25, 0.3) is 10.9 Å². The minimum atomic E-state index is -3.61. The van der Waals surface area contributed by atoms with Gasteiger partial charge in [-0.3, -0.25) is 4.98 Å². The average molecular weight is 280 g/mol. The first-order valence-corrected chi connectivity index (χ1v) is 7.50. The summed E-state index contributed by atoms with van der Waals surface area (Å²) in [5.41, 5.74) is 0.639. The lowest BCUT2D eigenvalue weighted by Crippen LogP contribution is -2.33. The molecule has 0 aliphatic carbocycles. The normalized spacial score (nSPS) is 13.6. The highest BCUT2D eigenvalue weighted by Crippen LogP contribution is 2.21. The second-order valence-electron chi connectivity index (χ2n) is 4.36. The Morgan fingerprint density at radius 1 is 1.32 bits per heavy atom. The van der Waals surface area contributed by atoms with Crippen LogP contribution in [-0.4, -0.2) is 31.2 Å². The number of aliphatic hydroxyl groups excluding tert-OH is 1. The quantitative estimate of drug-likeness (QED) is 0.865. The number of fused-ring (bicyclic) bond motifs is 1. The van der Waals surface area contributed by atoms with E-state index in [1.54, 1.807) is 43.5 Å². The molecule has 0 radical (unpaired) electrons. The largest absolute Gasteiger partial charge is 0.396 e. The van der Waals surface area contributed by atoms with Gasteiger partial charge in [-0.25, -0.2) is 13.1 Å². The molecule has 5 nitrogen and oxygen atoms in total. The van der Waals surface area contributed by atoms with Gasteiger partial charge in [0.25, 0.3) is 0 Å². The van der Waals surface area contributed by atoms with E-state index in [2.05, 4.69) is 9.71 Å². The molecule has 6 heteroatoms. The van der Waals surface area contributed by atoms with Crippen molar-refractivity contribution in [1.82, 2.24) is 9.71 Å². The van der Waals surface area contributed by atoms with Crippen molar-refractivity contribution in [3.05, 3.63) is 36.5 Å². The summed E-state index contributed by atoms with van der Waals surface area (Å²) in [7, 11) is -3.61. The number of pyridine rings is 1. The van der Waals surface area contributed by atoms with Crippen LogP contribution >= 0.6 is 0 Å². The number of hydrogen-bond donors (Lipinski definition) is 2. The van der Waals surface area contributed by atoms with Crippen molar-refractivity contribution in [2.24, 2.45) is 0 Å². The lowest BCUT2D eigenvalue weighted by molar-refractivity contribution is 0.275. The van der Waals surface area contributed by atoms with Crippen molar-refractivity contribution >= 4 is 20.9 Å². The number of sulfonamides is 1. The van der Waals surface area contributed by atoms with Crippen LogP contribution in [0.4, 0.5) is 0 Å². The standard InChI is InChI=1S/C13H16N2O3S/c1-10(7-9-16)15-19(17,18)13-6-2-5-12-11(13)4-3-8-14-12/h2-6,8,10,15-16H,7,9H2,1H3. The molecular weight excluding hydrogens is 264 g/mol. The number of hydrogen-bond acceptors (Lipinski definition) is 4. The van der Waals surface area contributed by atoms with Crippen LogP contribution in [0.2, 0.25) is 0 Å². The van der Waals surface area contributed by atoms with Gasteiger partial charge in [-0.1, -0.05) is 6.07 Å². The molecule has 1 heterocycles. The fourth-order valence-corrected chi connectivity index (χ4v) is 3.38. The molecule has 0 amide bonds. The topological polar surface area (TPSA) is 79.3 Å². The third-order valence-electron chi connectivity index (χ3n) is 2.81. The lowest BCUT2D eigenvalue weighted by atomic mass is 10.2. The molecule has 0 aliphatic heterocycles. The Morgan fingerprint density at radius 3 is 2.84 bits per heavy atom. The van der Waals surface area contributed by atoms with E-state index in [1.807, 2.05) is 0 Å². The van der Waals surface area contributed by atoms with E-state index < -0.39 is 10.0 Å². The maximum atomic E-state index is 12.3. The third-order valence-corrected chi connectivity index (χ3v) is 4.46. The van der Waals surface area contributed by atoms with E-state index in [4.69, 9.17) is 5.11 Å². The van der Waals surface area contributed by atoms with Crippen molar-refractivity contribution in [3.63, 3.8) is 0 Å². The Bertz CT molecular complexity index is 665. The van der Waals surface area contributed by atoms with E-state index in [9.17, 15) is 8.42 Å². The Balaban J connectivity index is 2.43. The van der Waals surface area contributed by atoms with Gasteiger partial charge in [0.2, 0.25) is 10.0 Å². The molecule has 0 spiro atoms. The number of aromatic nitrogens is 1. The monoisotopic (exact) mass is 280 g/mol. The molecule has 0 aliphatic rings. The first-order chi connectivity index (χ1) is 9.04. The van der Waals surface area contributed by atoms with Crippen LogP contribution in [0, 0.1) is 0 Å². The molecule has 2 N–H and O–H groups in total. The Morgan fingerprint density at radius 2 is 2.11 bits per heavy atom. The van der Waals surface area contributed by atoms with Crippen molar-refractivity contribution < 1.29 is 13.5 Å². The number of nitrogens with one attached hydrogen (secondary N) is 1. The molecule has 1 unspecified atom stereocenters. The van der Waals surface area contributed by atoms with Crippen LogP contribution in [0.15, 0.2) is 41.4 Å². The highest BCUT2D eigenvalue weighted by molar-refractivity contribution is 7.89. The summed E-state index contributed by atoms with van der Waals surface area (Å²) in [6, 6.07) is 8.11. The maximum Gasteiger partial charge on any atom is 0.241 e. The predicted molar refractivity (Wildman–Crippen MR) is 73.2 cm³/mol. The molecule has 102 valence electrons. The second kappa shape index (κ2) is 5.64. The molecule has 2 aromatic rings. The van der Waals surface area contributed by atoms with Crippen molar-refractivity contribution in [3.8, 4) is 0 Å². The summed E-state index contributed by atoms with van der Waals surface area (Å²) in [6.45, 7) is 1.66. The van der Waals surface area contributed by atoms with Crippen molar-refractivity contribution in [2.75, 3.05) is 6.61 Å². The summed E-state index contributed by atoms with van der Waals surface area (Å²) < 4.78 is 27.2. The zero-order chi connectivity index (χ0) is 13.9. The Kier molecular flexibility index (Phi) is 4.14. The first-order valence-electron chi connectivity index (χ1n) is 6.01. The van der Waals surface area contributed by atoms with Crippen LogP contribution in [0.5, 0.6) is 0 Å². The second-order valence-corrected chi connectivity index (χ2v) is 6.04. The molecular formula is C13H16N2O3S. The van der Waals surface area contributed by atoms with E-state index in [-0.39, 0.29) is 17.5 Å². The van der Waals surface area contributed by atoms with Gasteiger partial charge in [0.05, 0.1) is 10.4 Å². The molecule has 0 saturated carbocycles. The van der Waals surface area contributed by atoms with E-state index in [0.29, 0.717) is 17.3 Å². The molecule has 1 atom stereocenters. The zero-order valence-corrected chi connectivity index (χ0v) is 11.4. The van der Waals surface area contributed by atoms with Gasteiger partial charge in [0, 0.05) is 24.2 Å². The highest BCUT2D eigenvalue weighted by atomic mass is 32.2. The highest BCUT2D eigenvalue weighted by Gasteiger charge is 2.19. The predicted octanol–water partition coefficient (Wildman–Crippen LogP) is 1.28. The minimum Gasteiger partial charge on any atom is -0.396 e. The number of benzene rings is 1. The molecule has 0 bridgehead atoms. The van der Waals surface area contributed by atoms with Gasteiger partial charge in [-0.05, 0) is 37.6 Å². The van der Waals surface area contributed by atoms with Crippen LogP contribution < -0.4 is 4.72 Å². The lowest BCUT2D eigenvalue weighted by Gasteiger charge is -2.14. The number of aliphatic hydroxyl groups is 1. The maximum absolute atomic E-state index is 12.3. The van der Waals surface area contributed by atoms with Gasteiger partial charge in [0.1, 0.15) is 0 Å². The average Bonchev–Trinajstić information content (AvgIpc) is 2.37. The van der Waals surface area contributed by atoms with Gasteiger partial charge >= 0.3 is 0 Å². The summed E-state index contributed by atoms with van der Waals surface area (Å²) in [5, 5.41) is 9.42.